The molecule has 0 aromatic heterocycles. The molecule has 11 heteroatoms. The van der Waals surface area contributed by atoms with E-state index in [0.717, 1.165) is 30.5 Å². The SMILES string of the molecule is N#C/C(=C/Nc1ccc(Cl)c(C(F)(F)F)c1)C(=O)Nc1ccc([N+](=O)[O-])cc1. The van der Waals surface area contributed by atoms with Gasteiger partial charge in [0, 0.05) is 29.7 Å². The van der Waals surface area contributed by atoms with Crippen LogP contribution in [0.4, 0.5) is 30.2 Å². The zero-order chi connectivity index (χ0) is 20.9. The number of nitriles is 1. The number of nitro benzene ring substituents is 1. The molecule has 7 nitrogen and oxygen atoms in total. The van der Waals surface area contributed by atoms with Crippen LogP contribution in [0.25, 0.3) is 0 Å². The van der Waals surface area contributed by atoms with Crippen LogP contribution in [0.3, 0.4) is 0 Å². The summed E-state index contributed by atoms with van der Waals surface area (Å²) >= 11 is 5.52. The number of benzene rings is 2. The van der Waals surface area contributed by atoms with E-state index in [0.29, 0.717) is 0 Å². The second kappa shape index (κ2) is 8.41. The second-order valence-corrected chi connectivity index (χ2v) is 5.67. The molecule has 0 unspecified atom stereocenters. The Morgan fingerprint density at radius 2 is 1.79 bits per heavy atom. The van der Waals surface area contributed by atoms with Crippen molar-refractivity contribution in [2.75, 3.05) is 10.6 Å². The molecule has 0 saturated carbocycles. The molecule has 0 bridgehead atoms. The maximum atomic E-state index is 12.9. The molecule has 0 fully saturated rings. The number of nitrogens with zero attached hydrogens (tertiary/aromatic N) is 2. The fourth-order valence-corrected chi connectivity index (χ4v) is 2.23. The third kappa shape index (κ3) is 5.21. The Labute approximate surface area is 161 Å². The first-order chi connectivity index (χ1) is 13.1. The normalized spacial score (nSPS) is 11.5. The summed E-state index contributed by atoms with van der Waals surface area (Å²) in [6.07, 6.45) is -3.73. The highest BCUT2D eigenvalue weighted by atomic mass is 35.5. The molecule has 0 aliphatic heterocycles. The van der Waals surface area contributed by atoms with Gasteiger partial charge in [-0.1, -0.05) is 11.6 Å². The van der Waals surface area contributed by atoms with Crippen LogP contribution in [0.1, 0.15) is 5.56 Å². The molecule has 0 aliphatic carbocycles. The molecule has 28 heavy (non-hydrogen) atoms. The number of non-ortho nitro benzene ring substituents is 1. The van der Waals surface area contributed by atoms with Crippen molar-refractivity contribution in [2.45, 2.75) is 6.18 Å². The number of anilines is 2. The number of amides is 1. The second-order valence-electron chi connectivity index (χ2n) is 5.26. The van der Waals surface area contributed by atoms with Gasteiger partial charge in [-0.3, -0.25) is 14.9 Å². The van der Waals surface area contributed by atoms with Crippen molar-refractivity contribution < 1.29 is 22.9 Å². The van der Waals surface area contributed by atoms with Crippen molar-refractivity contribution in [1.82, 2.24) is 0 Å². The number of nitrogens with one attached hydrogen (secondary N) is 2. The lowest BCUT2D eigenvalue weighted by molar-refractivity contribution is -0.384. The summed E-state index contributed by atoms with van der Waals surface area (Å²) in [7, 11) is 0. The molecule has 2 aromatic rings. The fraction of sp³-hybridized carbons (Fsp3) is 0.0588. The van der Waals surface area contributed by atoms with Crippen molar-refractivity contribution >= 4 is 34.6 Å². The quantitative estimate of drug-likeness (QED) is 0.321. The van der Waals surface area contributed by atoms with Gasteiger partial charge in [0.15, 0.2) is 0 Å². The van der Waals surface area contributed by atoms with E-state index in [-0.39, 0.29) is 17.1 Å². The summed E-state index contributed by atoms with van der Waals surface area (Å²) in [5.74, 6) is -0.853. The summed E-state index contributed by atoms with van der Waals surface area (Å²) in [5, 5.41) is 24.0. The summed E-state index contributed by atoms with van der Waals surface area (Å²) in [6, 6.07) is 9.49. The van der Waals surface area contributed by atoms with Crippen molar-refractivity contribution in [3.63, 3.8) is 0 Å². The van der Waals surface area contributed by atoms with Crippen molar-refractivity contribution in [1.29, 1.82) is 5.26 Å². The zero-order valence-electron chi connectivity index (χ0n) is 13.7. The molecular formula is C17H10ClF3N4O3. The molecule has 2 aromatic carbocycles. The topological polar surface area (TPSA) is 108 Å². The molecule has 0 heterocycles. The number of hydrogen-bond donors (Lipinski definition) is 2. The third-order valence-corrected chi connectivity index (χ3v) is 3.69. The van der Waals surface area contributed by atoms with Crippen molar-refractivity contribution in [3.05, 3.63) is 74.9 Å². The van der Waals surface area contributed by atoms with E-state index in [1.54, 1.807) is 6.07 Å². The molecule has 1 amide bonds. The van der Waals surface area contributed by atoms with E-state index < -0.39 is 33.2 Å². The van der Waals surface area contributed by atoms with Crippen LogP contribution in [0.15, 0.2) is 54.2 Å². The average molecular weight is 411 g/mol. The molecule has 2 rings (SSSR count). The lowest BCUT2D eigenvalue weighted by Crippen LogP contribution is -2.14. The highest BCUT2D eigenvalue weighted by molar-refractivity contribution is 6.31. The molecular weight excluding hydrogens is 401 g/mol. The Hall–Kier alpha value is -3.58. The summed E-state index contributed by atoms with van der Waals surface area (Å²) in [4.78, 5) is 22.1. The fourth-order valence-electron chi connectivity index (χ4n) is 2.00. The Morgan fingerprint density at radius 3 is 2.32 bits per heavy atom. The van der Waals surface area contributed by atoms with Crippen LogP contribution >= 0.6 is 11.6 Å². The minimum Gasteiger partial charge on any atom is -0.360 e. The van der Waals surface area contributed by atoms with Crippen LogP contribution in [-0.4, -0.2) is 10.8 Å². The van der Waals surface area contributed by atoms with Crippen LogP contribution in [-0.2, 0) is 11.0 Å². The van der Waals surface area contributed by atoms with Crippen molar-refractivity contribution in [3.8, 4) is 6.07 Å². The monoisotopic (exact) mass is 410 g/mol. The van der Waals surface area contributed by atoms with E-state index in [9.17, 15) is 28.1 Å². The predicted molar refractivity (Wildman–Crippen MR) is 95.5 cm³/mol. The average Bonchev–Trinajstić information content (AvgIpc) is 2.63. The molecule has 0 saturated heterocycles. The Morgan fingerprint density at radius 1 is 1.18 bits per heavy atom. The first-order valence-electron chi connectivity index (χ1n) is 7.41. The molecule has 0 aliphatic rings. The molecule has 0 atom stereocenters. The zero-order valence-corrected chi connectivity index (χ0v) is 14.5. The maximum Gasteiger partial charge on any atom is 0.417 e. The van der Waals surface area contributed by atoms with E-state index in [2.05, 4.69) is 10.6 Å². The Balaban J connectivity index is 2.14. The van der Waals surface area contributed by atoms with E-state index in [1.807, 2.05) is 0 Å². The standard InChI is InChI=1S/C17H10ClF3N4O3/c18-15-6-3-12(7-14(15)17(19,20)21)23-9-10(8-22)16(26)24-11-1-4-13(5-2-11)25(27)28/h1-7,9,23H,(H,24,26)/b10-9-. The maximum absolute atomic E-state index is 12.9. The van der Waals surface area contributed by atoms with Crippen LogP contribution in [0.5, 0.6) is 0 Å². The number of carbonyl (C=O) groups excluding carboxylic acids is 1. The Kier molecular flexibility index (Phi) is 6.22. The van der Waals surface area contributed by atoms with Gasteiger partial charge in [0.2, 0.25) is 0 Å². The lowest BCUT2D eigenvalue weighted by atomic mass is 10.2. The molecule has 0 spiro atoms. The predicted octanol–water partition coefficient (Wildman–Crippen LogP) is 4.73. The van der Waals surface area contributed by atoms with Crippen LogP contribution in [0, 0.1) is 21.4 Å². The smallest absolute Gasteiger partial charge is 0.360 e. The number of rotatable bonds is 5. The van der Waals surface area contributed by atoms with Crippen LogP contribution < -0.4 is 10.6 Å². The van der Waals surface area contributed by atoms with Crippen LogP contribution in [0.2, 0.25) is 5.02 Å². The molecule has 144 valence electrons. The van der Waals surface area contributed by atoms with Gasteiger partial charge < -0.3 is 10.6 Å². The molecule has 0 radical (unpaired) electrons. The van der Waals surface area contributed by atoms with Crippen molar-refractivity contribution in [2.24, 2.45) is 0 Å². The summed E-state index contributed by atoms with van der Waals surface area (Å²) in [5.41, 5.74) is -1.52. The number of nitro groups is 1. The van der Waals surface area contributed by atoms with Gasteiger partial charge in [0.1, 0.15) is 11.6 Å². The van der Waals surface area contributed by atoms with Gasteiger partial charge >= 0.3 is 6.18 Å². The van der Waals surface area contributed by atoms with Gasteiger partial charge in [0.05, 0.1) is 15.5 Å². The number of alkyl halides is 3. The van der Waals surface area contributed by atoms with Gasteiger partial charge in [0.25, 0.3) is 11.6 Å². The van der Waals surface area contributed by atoms with Gasteiger partial charge in [-0.15, -0.1) is 0 Å². The number of carbonyl (C=O) groups is 1. The van der Waals surface area contributed by atoms with E-state index >= 15 is 0 Å². The first-order valence-corrected chi connectivity index (χ1v) is 7.79. The Bertz CT molecular complexity index is 983. The third-order valence-electron chi connectivity index (χ3n) is 3.36. The first kappa shape index (κ1) is 20.7. The summed E-state index contributed by atoms with van der Waals surface area (Å²) < 4.78 is 38.6. The summed E-state index contributed by atoms with van der Waals surface area (Å²) in [6.45, 7) is 0. The minimum absolute atomic E-state index is 0.0346. The van der Waals surface area contributed by atoms with Gasteiger partial charge in [-0.25, -0.2) is 0 Å². The van der Waals surface area contributed by atoms with Gasteiger partial charge in [-0.2, -0.15) is 18.4 Å². The minimum atomic E-state index is -4.66. The lowest BCUT2D eigenvalue weighted by Gasteiger charge is -2.11. The highest BCUT2D eigenvalue weighted by Crippen LogP contribution is 2.36. The molecule has 2 N–H and O–H groups in total. The number of halogens is 4. The highest BCUT2D eigenvalue weighted by Gasteiger charge is 2.33. The number of hydrogen-bond acceptors (Lipinski definition) is 5. The van der Waals surface area contributed by atoms with Gasteiger partial charge in [-0.05, 0) is 30.3 Å². The van der Waals surface area contributed by atoms with E-state index in [1.165, 1.54) is 18.2 Å². The van der Waals surface area contributed by atoms with E-state index in [4.69, 9.17) is 16.9 Å². The largest absolute Gasteiger partial charge is 0.417 e.